The van der Waals surface area contributed by atoms with Crippen molar-refractivity contribution in [2.75, 3.05) is 28.3 Å². The highest BCUT2D eigenvalue weighted by atomic mass is 28.4. The van der Waals surface area contributed by atoms with Crippen LogP contribution < -0.4 is 0 Å². The molecular formula is C10H25NO2Si. The molecule has 0 aliphatic rings. The normalized spacial score (nSPS) is 14.1. The minimum atomic E-state index is -2.28. The smallest absolute Gasteiger partial charge is 0.386 e. The van der Waals surface area contributed by atoms with Crippen LogP contribution in [0.15, 0.2) is 0 Å². The Labute approximate surface area is 89.7 Å². The zero-order valence-electron chi connectivity index (χ0n) is 10.8. The number of nitrogens with zero attached hydrogens (tertiary/aromatic N) is 1. The fourth-order valence-corrected chi connectivity index (χ4v) is 5.75. The first kappa shape index (κ1) is 14.1. The van der Waals surface area contributed by atoms with Crippen molar-refractivity contribution >= 4 is 8.72 Å². The summed E-state index contributed by atoms with van der Waals surface area (Å²) in [7, 11) is 5.28. The van der Waals surface area contributed by atoms with Crippen molar-refractivity contribution in [2.45, 2.75) is 32.7 Å². The second kappa shape index (κ2) is 4.75. The molecule has 0 N–H and O–H groups in total. The van der Waals surface area contributed by atoms with Gasteiger partial charge in [0.25, 0.3) is 0 Å². The van der Waals surface area contributed by atoms with Gasteiger partial charge in [-0.1, -0.05) is 27.7 Å². The lowest BCUT2D eigenvalue weighted by molar-refractivity contribution is 0.141. The van der Waals surface area contributed by atoms with Crippen molar-refractivity contribution in [3.63, 3.8) is 0 Å². The van der Waals surface area contributed by atoms with E-state index in [0.717, 1.165) is 0 Å². The summed E-state index contributed by atoms with van der Waals surface area (Å²) in [6.45, 7) is 8.86. The van der Waals surface area contributed by atoms with Gasteiger partial charge in [0, 0.05) is 19.3 Å². The summed E-state index contributed by atoms with van der Waals surface area (Å²) in [5.74, 6) is 0.525. The SMILES string of the molecule is CO[Si](OC)(N(C)C)C(C)(C)C(C)C. The maximum atomic E-state index is 5.72. The monoisotopic (exact) mass is 219 g/mol. The van der Waals surface area contributed by atoms with Crippen LogP contribution in [0.4, 0.5) is 0 Å². The molecule has 0 aromatic carbocycles. The number of hydrogen-bond donors (Lipinski definition) is 0. The van der Waals surface area contributed by atoms with Crippen LogP contribution in [-0.2, 0) is 8.85 Å². The van der Waals surface area contributed by atoms with Crippen molar-refractivity contribution in [3.8, 4) is 0 Å². The maximum Gasteiger partial charge on any atom is 0.433 e. The molecule has 4 heteroatoms. The Morgan fingerprint density at radius 2 is 1.43 bits per heavy atom. The quantitative estimate of drug-likeness (QED) is 0.662. The first-order chi connectivity index (χ1) is 6.26. The predicted molar refractivity (Wildman–Crippen MR) is 62.3 cm³/mol. The van der Waals surface area contributed by atoms with Gasteiger partial charge in [0.05, 0.1) is 0 Å². The highest BCUT2D eigenvalue weighted by molar-refractivity contribution is 6.67. The van der Waals surface area contributed by atoms with Crippen molar-refractivity contribution in [1.29, 1.82) is 0 Å². The third-order valence-electron chi connectivity index (χ3n) is 3.40. The van der Waals surface area contributed by atoms with E-state index in [2.05, 4.69) is 32.3 Å². The number of rotatable bonds is 5. The van der Waals surface area contributed by atoms with Crippen LogP contribution in [0.1, 0.15) is 27.7 Å². The van der Waals surface area contributed by atoms with Crippen molar-refractivity contribution in [2.24, 2.45) is 5.92 Å². The van der Waals surface area contributed by atoms with E-state index in [1.165, 1.54) is 0 Å². The second-order valence-corrected chi connectivity index (χ2v) is 8.92. The van der Waals surface area contributed by atoms with Crippen molar-refractivity contribution in [1.82, 2.24) is 4.57 Å². The molecule has 0 rings (SSSR count). The van der Waals surface area contributed by atoms with E-state index in [4.69, 9.17) is 8.85 Å². The van der Waals surface area contributed by atoms with Crippen LogP contribution in [-0.4, -0.2) is 41.6 Å². The molecule has 0 aromatic heterocycles. The van der Waals surface area contributed by atoms with Crippen LogP contribution >= 0.6 is 0 Å². The Morgan fingerprint density at radius 1 is 1.07 bits per heavy atom. The van der Waals surface area contributed by atoms with Gasteiger partial charge in [-0.15, -0.1) is 0 Å². The van der Waals surface area contributed by atoms with Gasteiger partial charge in [-0.3, -0.25) is 4.57 Å². The van der Waals surface area contributed by atoms with Crippen LogP contribution in [0.2, 0.25) is 5.04 Å². The highest BCUT2D eigenvalue weighted by Crippen LogP contribution is 2.45. The van der Waals surface area contributed by atoms with E-state index in [1.54, 1.807) is 14.2 Å². The molecule has 3 nitrogen and oxygen atoms in total. The summed E-state index contributed by atoms with van der Waals surface area (Å²) in [6, 6.07) is 0. The van der Waals surface area contributed by atoms with Crippen molar-refractivity contribution in [3.05, 3.63) is 0 Å². The molecule has 14 heavy (non-hydrogen) atoms. The molecule has 0 spiro atoms. The molecule has 0 aromatic rings. The molecule has 0 aliphatic carbocycles. The van der Waals surface area contributed by atoms with Gasteiger partial charge in [0.15, 0.2) is 0 Å². The third-order valence-corrected chi connectivity index (χ3v) is 7.89. The minimum Gasteiger partial charge on any atom is -0.386 e. The van der Waals surface area contributed by atoms with Gasteiger partial charge < -0.3 is 8.85 Å². The summed E-state index contributed by atoms with van der Waals surface area (Å²) >= 11 is 0. The minimum absolute atomic E-state index is 0.0556. The Balaban J connectivity index is 5.17. The lowest BCUT2D eigenvalue weighted by Crippen LogP contribution is -2.62. The van der Waals surface area contributed by atoms with Crippen LogP contribution in [0, 0.1) is 5.92 Å². The second-order valence-electron chi connectivity index (χ2n) is 4.76. The summed E-state index contributed by atoms with van der Waals surface area (Å²) in [4.78, 5) is 0. The summed E-state index contributed by atoms with van der Waals surface area (Å²) in [6.07, 6.45) is 0. The van der Waals surface area contributed by atoms with E-state index in [9.17, 15) is 0 Å². The molecule has 0 saturated heterocycles. The average molecular weight is 219 g/mol. The predicted octanol–water partition coefficient (Wildman–Crippen LogP) is 2.22. The molecule has 0 heterocycles. The standard InChI is InChI=1S/C10H25NO2Si/c1-9(2)10(3,4)14(12-7,13-8)11(5)6/h9H,1-8H3. The lowest BCUT2D eigenvalue weighted by atomic mass is 9.99. The fourth-order valence-electron chi connectivity index (χ4n) is 1.92. The molecule has 0 amide bonds. The topological polar surface area (TPSA) is 21.7 Å². The fraction of sp³-hybridized carbons (Fsp3) is 1.00. The van der Waals surface area contributed by atoms with Gasteiger partial charge in [0.2, 0.25) is 0 Å². The molecule has 86 valence electrons. The van der Waals surface area contributed by atoms with Gasteiger partial charge >= 0.3 is 8.72 Å². The van der Waals surface area contributed by atoms with Crippen LogP contribution in [0.25, 0.3) is 0 Å². The van der Waals surface area contributed by atoms with E-state index < -0.39 is 8.72 Å². The van der Waals surface area contributed by atoms with E-state index in [-0.39, 0.29) is 5.04 Å². The summed E-state index contributed by atoms with van der Waals surface area (Å²) in [5.41, 5.74) is 0. The molecular weight excluding hydrogens is 194 g/mol. The van der Waals surface area contributed by atoms with Gasteiger partial charge in [-0.25, -0.2) is 0 Å². The van der Waals surface area contributed by atoms with Gasteiger partial charge in [-0.2, -0.15) is 0 Å². The Hall–Kier alpha value is 0.0969. The van der Waals surface area contributed by atoms with Crippen LogP contribution in [0.3, 0.4) is 0 Å². The van der Waals surface area contributed by atoms with E-state index in [0.29, 0.717) is 5.92 Å². The zero-order chi connectivity index (χ0) is 11.6. The Kier molecular flexibility index (Phi) is 4.78. The summed E-state index contributed by atoms with van der Waals surface area (Å²) < 4.78 is 13.6. The Morgan fingerprint density at radius 3 is 1.50 bits per heavy atom. The molecule has 0 unspecified atom stereocenters. The third kappa shape index (κ3) is 2.03. The molecule has 0 bridgehead atoms. The molecule has 0 aliphatic heterocycles. The molecule has 0 fully saturated rings. The summed E-state index contributed by atoms with van der Waals surface area (Å²) in [5, 5.41) is 0.0556. The first-order valence-corrected chi connectivity index (χ1v) is 6.80. The molecule has 0 saturated carbocycles. The van der Waals surface area contributed by atoms with E-state index >= 15 is 0 Å². The van der Waals surface area contributed by atoms with Gasteiger partial charge in [-0.05, 0) is 20.0 Å². The Bertz CT molecular complexity index is 177. The molecule has 0 atom stereocenters. The van der Waals surface area contributed by atoms with E-state index in [1.807, 2.05) is 14.1 Å². The zero-order valence-corrected chi connectivity index (χ0v) is 11.8. The first-order valence-electron chi connectivity index (χ1n) is 5.04. The average Bonchev–Trinajstić information content (AvgIpc) is 2.05. The van der Waals surface area contributed by atoms with Gasteiger partial charge in [0.1, 0.15) is 0 Å². The van der Waals surface area contributed by atoms with Crippen LogP contribution in [0.5, 0.6) is 0 Å². The largest absolute Gasteiger partial charge is 0.433 e. The van der Waals surface area contributed by atoms with Crippen molar-refractivity contribution < 1.29 is 8.85 Å². The lowest BCUT2D eigenvalue weighted by Gasteiger charge is -2.46. The number of hydrogen-bond acceptors (Lipinski definition) is 3. The maximum absolute atomic E-state index is 5.72. The highest BCUT2D eigenvalue weighted by Gasteiger charge is 2.55. The molecule has 0 radical (unpaired) electrons.